The zero-order valence-electron chi connectivity index (χ0n) is 8.20. The van der Waals surface area contributed by atoms with Crippen molar-refractivity contribution in [2.45, 2.75) is 0 Å². The van der Waals surface area contributed by atoms with E-state index in [1.165, 1.54) is 6.26 Å². The van der Waals surface area contributed by atoms with Crippen molar-refractivity contribution in [1.29, 1.82) is 0 Å². The van der Waals surface area contributed by atoms with Crippen molar-refractivity contribution in [2.24, 2.45) is 0 Å². The Labute approximate surface area is 96.0 Å². The lowest BCUT2D eigenvalue weighted by Gasteiger charge is -1.90. The number of aromatic nitrogens is 2. The van der Waals surface area contributed by atoms with Crippen LogP contribution in [0, 0.1) is 0 Å². The van der Waals surface area contributed by atoms with Crippen LogP contribution in [-0.4, -0.2) is 9.97 Å². The van der Waals surface area contributed by atoms with Gasteiger partial charge in [0.15, 0.2) is 0 Å². The van der Waals surface area contributed by atoms with Crippen LogP contribution in [0.4, 0.5) is 5.69 Å². The molecule has 0 saturated heterocycles. The summed E-state index contributed by atoms with van der Waals surface area (Å²) in [6, 6.07) is 7.35. The van der Waals surface area contributed by atoms with Gasteiger partial charge in [-0.1, -0.05) is 6.07 Å². The lowest BCUT2D eigenvalue weighted by atomic mass is 10.3. The van der Waals surface area contributed by atoms with Crippen LogP contribution < -0.4 is 5.73 Å². The number of rotatable bonds is 1. The molecular weight excluding hydrogens is 226 g/mol. The van der Waals surface area contributed by atoms with Crippen molar-refractivity contribution in [1.82, 2.24) is 9.97 Å². The molecule has 0 spiro atoms. The van der Waals surface area contributed by atoms with E-state index < -0.39 is 0 Å². The molecule has 0 aliphatic rings. The van der Waals surface area contributed by atoms with Crippen LogP contribution >= 0.6 is 11.6 Å². The molecule has 2 aromatic heterocycles. The van der Waals surface area contributed by atoms with E-state index in [2.05, 4.69) is 9.97 Å². The molecule has 0 fully saturated rings. The van der Waals surface area contributed by atoms with E-state index >= 15 is 0 Å². The molecule has 0 unspecified atom stereocenters. The normalized spacial score (nSPS) is 11.1. The third kappa shape index (κ3) is 1.27. The average molecular weight is 234 g/mol. The second-order valence-corrected chi connectivity index (χ2v) is 3.78. The third-order valence-corrected chi connectivity index (χ3v) is 2.71. The number of benzene rings is 1. The number of para-hydroxylation sites is 1. The minimum absolute atomic E-state index is 0.317. The fourth-order valence-corrected chi connectivity index (χ4v) is 1.85. The Morgan fingerprint density at radius 3 is 2.88 bits per heavy atom. The molecular formula is C11H8ClN3O. The molecule has 0 aliphatic carbocycles. The largest absolute Gasteiger partial charge is 0.452 e. The van der Waals surface area contributed by atoms with E-state index in [4.69, 9.17) is 21.8 Å². The van der Waals surface area contributed by atoms with E-state index in [0.717, 1.165) is 16.6 Å². The average Bonchev–Trinajstić information content (AvgIpc) is 2.84. The van der Waals surface area contributed by atoms with Crippen molar-refractivity contribution in [3.8, 4) is 11.4 Å². The van der Waals surface area contributed by atoms with Crippen molar-refractivity contribution in [2.75, 3.05) is 5.73 Å². The first-order valence-electron chi connectivity index (χ1n) is 4.73. The Balaban J connectivity index is 2.27. The number of nitrogen functional groups attached to an aromatic ring is 1. The molecule has 16 heavy (non-hydrogen) atoms. The van der Waals surface area contributed by atoms with Crippen LogP contribution in [0.2, 0.25) is 5.22 Å². The highest BCUT2D eigenvalue weighted by Crippen LogP contribution is 2.29. The molecule has 2 heterocycles. The third-order valence-electron chi connectivity index (χ3n) is 2.42. The summed E-state index contributed by atoms with van der Waals surface area (Å²) in [5.74, 6) is 0.659. The Hall–Kier alpha value is -1.94. The molecule has 5 heteroatoms. The lowest BCUT2D eigenvalue weighted by molar-refractivity contribution is 0.570. The number of H-pyrrole nitrogens is 1. The van der Waals surface area contributed by atoms with Crippen LogP contribution in [-0.2, 0) is 0 Å². The number of nitrogens with two attached hydrogens (primary N) is 1. The summed E-state index contributed by atoms with van der Waals surface area (Å²) in [5.41, 5.74) is 8.82. The van der Waals surface area contributed by atoms with Crippen molar-refractivity contribution < 1.29 is 4.42 Å². The number of fused-ring (bicyclic) bond motifs is 1. The summed E-state index contributed by atoms with van der Waals surface area (Å²) in [5, 5.41) is 0.317. The van der Waals surface area contributed by atoms with Gasteiger partial charge in [0, 0.05) is 0 Å². The molecule has 80 valence electrons. The zero-order valence-corrected chi connectivity index (χ0v) is 8.95. The number of nitrogens with one attached hydrogen (secondary N) is 1. The Morgan fingerprint density at radius 2 is 2.19 bits per heavy atom. The first-order valence-corrected chi connectivity index (χ1v) is 5.11. The van der Waals surface area contributed by atoms with Gasteiger partial charge in [0.1, 0.15) is 11.3 Å². The highest BCUT2D eigenvalue weighted by atomic mass is 35.5. The van der Waals surface area contributed by atoms with E-state index in [9.17, 15) is 0 Å². The van der Waals surface area contributed by atoms with Crippen LogP contribution in [0.3, 0.4) is 0 Å². The summed E-state index contributed by atoms with van der Waals surface area (Å²) in [4.78, 5) is 7.53. The molecule has 0 bridgehead atoms. The smallest absolute Gasteiger partial charge is 0.203 e. The quantitative estimate of drug-likeness (QED) is 0.635. The van der Waals surface area contributed by atoms with Crippen molar-refractivity contribution >= 4 is 28.3 Å². The number of aromatic amines is 1. The standard InChI is InChI=1S/C11H8ClN3O/c12-10-6(4-5-16-10)11-14-8-3-1-2-7(13)9(8)15-11/h1-5H,13H2,(H,14,15). The number of hydrogen-bond donors (Lipinski definition) is 2. The van der Waals surface area contributed by atoms with Crippen molar-refractivity contribution in [3.05, 3.63) is 35.7 Å². The number of anilines is 1. The highest BCUT2D eigenvalue weighted by molar-refractivity contribution is 6.31. The Kier molecular flexibility index (Phi) is 1.91. The second-order valence-electron chi connectivity index (χ2n) is 3.44. The summed E-state index contributed by atoms with van der Waals surface area (Å²) >= 11 is 5.88. The molecule has 0 radical (unpaired) electrons. The minimum Gasteiger partial charge on any atom is -0.452 e. The molecule has 3 aromatic rings. The number of furan rings is 1. The first kappa shape index (κ1) is 9.30. The predicted octanol–water partition coefficient (Wildman–Crippen LogP) is 3.06. The fraction of sp³-hybridized carbons (Fsp3) is 0. The number of nitrogens with zero attached hydrogens (tertiary/aromatic N) is 1. The van der Waals surface area contributed by atoms with Gasteiger partial charge in [-0.2, -0.15) is 0 Å². The molecule has 0 atom stereocenters. The van der Waals surface area contributed by atoms with Crippen LogP contribution in [0.5, 0.6) is 0 Å². The van der Waals surface area contributed by atoms with Gasteiger partial charge in [-0.05, 0) is 29.8 Å². The van der Waals surface area contributed by atoms with E-state index in [1.54, 1.807) is 6.07 Å². The van der Waals surface area contributed by atoms with Gasteiger partial charge in [0.25, 0.3) is 0 Å². The second kappa shape index (κ2) is 3.28. The predicted molar refractivity (Wildman–Crippen MR) is 63.2 cm³/mol. The fourth-order valence-electron chi connectivity index (χ4n) is 1.64. The maximum absolute atomic E-state index is 5.88. The highest BCUT2D eigenvalue weighted by Gasteiger charge is 2.11. The van der Waals surface area contributed by atoms with Gasteiger partial charge in [0.05, 0.1) is 23.0 Å². The van der Waals surface area contributed by atoms with Gasteiger partial charge in [-0.15, -0.1) is 0 Å². The monoisotopic (exact) mass is 233 g/mol. The molecule has 0 amide bonds. The molecule has 0 saturated carbocycles. The van der Waals surface area contributed by atoms with Crippen LogP contribution in [0.25, 0.3) is 22.4 Å². The van der Waals surface area contributed by atoms with Crippen LogP contribution in [0.1, 0.15) is 0 Å². The molecule has 3 rings (SSSR count). The number of hydrogen-bond acceptors (Lipinski definition) is 3. The van der Waals surface area contributed by atoms with E-state index in [1.807, 2.05) is 18.2 Å². The Morgan fingerprint density at radius 1 is 1.31 bits per heavy atom. The topological polar surface area (TPSA) is 67.8 Å². The van der Waals surface area contributed by atoms with Crippen molar-refractivity contribution in [3.63, 3.8) is 0 Å². The zero-order chi connectivity index (χ0) is 11.1. The van der Waals surface area contributed by atoms with Gasteiger partial charge < -0.3 is 15.1 Å². The maximum atomic E-state index is 5.88. The van der Waals surface area contributed by atoms with E-state index in [0.29, 0.717) is 16.7 Å². The van der Waals surface area contributed by atoms with Gasteiger partial charge in [-0.25, -0.2) is 4.98 Å². The van der Waals surface area contributed by atoms with Gasteiger partial charge >= 0.3 is 0 Å². The van der Waals surface area contributed by atoms with Gasteiger partial charge in [0.2, 0.25) is 5.22 Å². The lowest BCUT2D eigenvalue weighted by Crippen LogP contribution is -1.84. The summed E-state index contributed by atoms with van der Waals surface area (Å²) in [6.45, 7) is 0. The maximum Gasteiger partial charge on any atom is 0.203 e. The van der Waals surface area contributed by atoms with Crippen LogP contribution in [0.15, 0.2) is 34.9 Å². The molecule has 1 aromatic carbocycles. The SMILES string of the molecule is Nc1cccc2[nH]c(-c3ccoc3Cl)nc12. The minimum atomic E-state index is 0.317. The van der Waals surface area contributed by atoms with E-state index in [-0.39, 0.29) is 0 Å². The first-order chi connectivity index (χ1) is 7.75. The summed E-state index contributed by atoms with van der Waals surface area (Å²) in [6.07, 6.45) is 1.52. The molecule has 4 nitrogen and oxygen atoms in total. The number of halogens is 1. The molecule has 0 aliphatic heterocycles. The summed E-state index contributed by atoms with van der Waals surface area (Å²) in [7, 11) is 0. The Bertz CT molecular complexity index is 656. The molecule has 3 N–H and O–H groups in total. The number of imidazole rings is 1. The van der Waals surface area contributed by atoms with Gasteiger partial charge in [-0.3, -0.25) is 0 Å². The summed E-state index contributed by atoms with van der Waals surface area (Å²) < 4.78 is 5.02.